The molecule has 0 aromatic carbocycles. The predicted molar refractivity (Wildman–Crippen MR) is 133 cm³/mol. The van der Waals surface area contributed by atoms with E-state index < -0.39 is 5.97 Å². The van der Waals surface area contributed by atoms with Gasteiger partial charge in [0.25, 0.3) is 0 Å². The van der Waals surface area contributed by atoms with Crippen LogP contribution in [-0.2, 0) is 14.4 Å². The monoisotopic (exact) mass is 465 g/mol. The van der Waals surface area contributed by atoms with Crippen LogP contribution in [0, 0.1) is 17.3 Å². The standard InChI is InChI=1S/C26H47N3O4/c1-8-9-15-29(21(18(2)3)16-19(4)25(32)33)22(30)17-28-24(31)23(27-7)26(5,6)20-13-11-10-12-14-20/h16,18,20-21,23,27H,8-15,17H2,1-7H3,(H,28,31)(H,32,33)/b19-16+/t21-,23+/m1/s1. The Bertz CT molecular complexity index is 681. The number of carbonyl (C=O) groups is 3. The number of carbonyl (C=O) groups excluding carboxylic acids is 2. The second-order valence-electron chi connectivity index (χ2n) is 10.4. The van der Waals surface area contributed by atoms with Gasteiger partial charge < -0.3 is 20.6 Å². The molecule has 0 unspecified atom stereocenters. The smallest absolute Gasteiger partial charge is 0.331 e. The van der Waals surface area contributed by atoms with Crippen LogP contribution in [-0.4, -0.2) is 60.0 Å². The molecule has 1 aliphatic carbocycles. The normalized spacial score (nSPS) is 17.5. The zero-order valence-electron chi connectivity index (χ0n) is 21.9. The molecule has 7 nitrogen and oxygen atoms in total. The summed E-state index contributed by atoms with van der Waals surface area (Å²) in [5, 5.41) is 15.4. The third kappa shape index (κ3) is 8.43. The SMILES string of the molecule is CCCCN(C(=O)CNC(=O)[C@H](NC)C(C)(C)C1CCCCC1)[C@H](/C=C(\C)C(=O)O)C(C)C. The third-order valence-corrected chi connectivity index (χ3v) is 7.24. The Hall–Kier alpha value is -1.89. The minimum atomic E-state index is -0.987. The first-order valence-electron chi connectivity index (χ1n) is 12.6. The molecule has 2 atom stereocenters. The fourth-order valence-corrected chi connectivity index (χ4v) is 5.03. The lowest BCUT2D eigenvalue weighted by Crippen LogP contribution is -2.56. The predicted octanol–water partition coefficient (Wildman–Crippen LogP) is 3.98. The van der Waals surface area contributed by atoms with Crippen molar-refractivity contribution < 1.29 is 19.5 Å². The molecule has 1 rings (SSSR count). The van der Waals surface area contributed by atoms with Crippen LogP contribution < -0.4 is 10.6 Å². The van der Waals surface area contributed by atoms with Gasteiger partial charge in [-0.25, -0.2) is 4.79 Å². The van der Waals surface area contributed by atoms with Gasteiger partial charge in [-0.1, -0.05) is 66.4 Å². The lowest BCUT2D eigenvalue weighted by Gasteiger charge is -2.42. The van der Waals surface area contributed by atoms with Crippen LogP contribution in [0.1, 0.15) is 86.5 Å². The van der Waals surface area contributed by atoms with Crippen LogP contribution in [0.5, 0.6) is 0 Å². The maximum absolute atomic E-state index is 13.2. The van der Waals surface area contributed by atoms with Crippen LogP contribution in [0.2, 0.25) is 0 Å². The number of likely N-dealkylation sites (N-methyl/N-ethyl adjacent to an activating group) is 1. The van der Waals surface area contributed by atoms with Crippen LogP contribution in [0.15, 0.2) is 11.6 Å². The Morgan fingerprint density at radius 2 is 1.76 bits per heavy atom. The van der Waals surface area contributed by atoms with Crippen molar-refractivity contribution in [3.05, 3.63) is 11.6 Å². The third-order valence-electron chi connectivity index (χ3n) is 7.24. The summed E-state index contributed by atoms with van der Waals surface area (Å²) in [6.07, 6.45) is 9.33. The van der Waals surface area contributed by atoms with E-state index in [1.807, 2.05) is 13.8 Å². The summed E-state index contributed by atoms with van der Waals surface area (Å²) < 4.78 is 0. The fourth-order valence-electron chi connectivity index (χ4n) is 5.03. The van der Waals surface area contributed by atoms with Crippen molar-refractivity contribution in [2.75, 3.05) is 20.1 Å². The molecule has 3 N–H and O–H groups in total. The number of aliphatic carboxylic acids is 1. The summed E-state index contributed by atoms with van der Waals surface area (Å²) in [5.41, 5.74) is 0.00273. The molecule has 0 saturated heterocycles. The second kappa shape index (κ2) is 13.7. The van der Waals surface area contributed by atoms with Gasteiger partial charge >= 0.3 is 5.97 Å². The zero-order valence-corrected chi connectivity index (χ0v) is 21.9. The Morgan fingerprint density at radius 3 is 2.24 bits per heavy atom. The molecule has 0 aromatic rings. The average Bonchev–Trinajstić information content (AvgIpc) is 2.77. The molecule has 190 valence electrons. The molecule has 0 spiro atoms. The van der Waals surface area contributed by atoms with Gasteiger partial charge in [-0.2, -0.15) is 0 Å². The van der Waals surface area contributed by atoms with E-state index in [2.05, 4.69) is 31.4 Å². The minimum absolute atomic E-state index is 0.0473. The van der Waals surface area contributed by atoms with Crippen molar-refractivity contribution in [1.29, 1.82) is 0 Å². The van der Waals surface area contributed by atoms with Crippen LogP contribution in [0.3, 0.4) is 0 Å². The van der Waals surface area contributed by atoms with E-state index in [0.29, 0.717) is 12.5 Å². The number of hydrogen-bond acceptors (Lipinski definition) is 4. The lowest BCUT2D eigenvalue weighted by atomic mass is 9.67. The van der Waals surface area contributed by atoms with Crippen molar-refractivity contribution in [1.82, 2.24) is 15.5 Å². The van der Waals surface area contributed by atoms with Gasteiger partial charge in [0, 0.05) is 12.1 Å². The molecule has 0 aromatic heterocycles. The Morgan fingerprint density at radius 1 is 1.15 bits per heavy atom. The largest absolute Gasteiger partial charge is 0.478 e. The molecule has 7 heteroatoms. The number of nitrogens with one attached hydrogen (secondary N) is 2. The molecular weight excluding hydrogens is 418 g/mol. The second-order valence-corrected chi connectivity index (χ2v) is 10.4. The summed E-state index contributed by atoms with van der Waals surface area (Å²) in [7, 11) is 1.80. The number of rotatable bonds is 13. The van der Waals surface area contributed by atoms with E-state index in [1.165, 1.54) is 19.3 Å². The van der Waals surface area contributed by atoms with E-state index in [4.69, 9.17) is 0 Å². The van der Waals surface area contributed by atoms with Gasteiger partial charge in [0.2, 0.25) is 11.8 Å². The maximum Gasteiger partial charge on any atom is 0.331 e. The van der Waals surface area contributed by atoms with Crippen LogP contribution in [0.25, 0.3) is 0 Å². The van der Waals surface area contributed by atoms with Gasteiger partial charge in [0.1, 0.15) is 0 Å². The highest BCUT2D eigenvalue weighted by atomic mass is 16.4. The van der Waals surface area contributed by atoms with Crippen molar-refractivity contribution >= 4 is 17.8 Å². The molecule has 1 aliphatic rings. The molecule has 0 aliphatic heterocycles. The first-order chi connectivity index (χ1) is 15.5. The van der Waals surface area contributed by atoms with Gasteiger partial charge in [-0.05, 0) is 50.5 Å². The number of unbranched alkanes of at least 4 members (excludes halogenated alkanes) is 1. The van der Waals surface area contributed by atoms with Gasteiger partial charge in [0.15, 0.2) is 0 Å². The van der Waals surface area contributed by atoms with Crippen molar-refractivity contribution in [2.24, 2.45) is 17.3 Å². The topological polar surface area (TPSA) is 98.7 Å². The molecule has 2 amide bonds. The summed E-state index contributed by atoms with van der Waals surface area (Å²) >= 11 is 0. The molecule has 0 heterocycles. The van der Waals surface area contributed by atoms with E-state index in [-0.39, 0.29) is 47.3 Å². The van der Waals surface area contributed by atoms with Gasteiger partial charge in [0.05, 0.1) is 18.6 Å². The van der Waals surface area contributed by atoms with E-state index >= 15 is 0 Å². The van der Waals surface area contributed by atoms with E-state index in [1.54, 1.807) is 24.9 Å². The van der Waals surface area contributed by atoms with Crippen molar-refractivity contribution in [3.8, 4) is 0 Å². The molecule has 1 fully saturated rings. The van der Waals surface area contributed by atoms with Crippen LogP contribution >= 0.6 is 0 Å². The van der Waals surface area contributed by atoms with Gasteiger partial charge in [-0.3, -0.25) is 9.59 Å². The molecule has 0 radical (unpaired) electrons. The molecular formula is C26H47N3O4. The lowest BCUT2D eigenvalue weighted by molar-refractivity contribution is -0.136. The Labute approximate surface area is 200 Å². The fraction of sp³-hybridized carbons (Fsp3) is 0.808. The Kier molecular flexibility index (Phi) is 12.1. The zero-order chi connectivity index (χ0) is 25.2. The number of nitrogens with zero attached hydrogens (tertiary/aromatic N) is 1. The van der Waals surface area contributed by atoms with Crippen molar-refractivity contribution in [3.63, 3.8) is 0 Å². The number of hydrogen-bond donors (Lipinski definition) is 3. The quantitative estimate of drug-likeness (QED) is 0.357. The maximum atomic E-state index is 13.2. The van der Waals surface area contributed by atoms with E-state index in [0.717, 1.165) is 25.7 Å². The van der Waals surface area contributed by atoms with E-state index in [9.17, 15) is 19.5 Å². The first kappa shape index (κ1) is 29.1. The highest BCUT2D eigenvalue weighted by molar-refractivity contribution is 5.89. The molecule has 33 heavy (non-hydrogen) atoms. The number of carboxylic acids is 1. The van der Waals surface area contributed by atoms with Crippen molar-refractivity contribution in [2.45, 2.75) is 98.6 Å². The summed E-state index contributed by atoms with van der Waals surface area (Å²) in [4.78, 5) is 39.5. The number of amides is 2. The minimum Gasteiger partial charge on any atom is -0.478 e. The Balaban J connectivity index is 2.96. The van der Waals surface area contributed by atoms with Gasteiger partial charge in [-0.15, -0.1) is 0 Å². The molecule has 0 bridgehead atoms. The highest BCUT2D eigenvalue weighted by Crippen LogP contribution is 2.40. The first-order valence-corrected chi connectivity index (χ1v) is 12.6. The summed E-state index contributed by atoms with van der Waals surface area (Å²) in [5.74, 6) is -0.809. The average molecular weight is 466 g/mol. The highest BCUT2D eigenvalue weighted by Gasteiger charge is 2.41. The van der Waals surface area contributed by atoms with Crippen LogP contribution in [0.4, 0.5) is 0 Å². The number of carboxylic acid groups (broad SMARTS) is 1. The molecule has 1 saturated carbocycles. The summed E-state index contributed by atoms with van der Waals surface area (Å²) in [6, 6.07) is -0.719. The summed E-state index contributed by atoms with van der Waals surface area (Å²) in [6.45, 7) is 12.3.